The largest absolute Gasteiger partial charge is 0.371 e. The van der Waals surface area contributed by atoms with Crippen LogP contribution < -0.4 is 16.0 Å². The monoisotopic (exact) mass is 353 g/mol. The van der Waals surface area contributed by atoms with Crippen molar-refractivity contribution < 1.29 is 4.79 Å². The fraction of sp³-hybridized carbons (Fsp3) is 0.562. The van der Waals surface area contributed by atoms with Crippen molar-refractivity contribution in [1.29, 1.82) is 0 Å². The van der Waals surface area contributed by atoms with Gasteiger partial charge in [-0.1, -0.05) is 13.8 Å². The maximum atomic E-state index is 11.3. The maximum Gasteiger partial charge on any atom is 0.249 e. The second kappa shape index (κ2) is 7.27. The molecule has 0 bridgehead atoms. The van der Waals surface area contributed by atoms with Crippen molar-refractivity contribution in [1.82, 2.24) is 5.32 Å². The first kappa shape index (κ1) is 16.3. The zero-order chi connectivity index (χ0) is 15.4. The molecule has 2 rings (SSSR count). The van der Waals surface area contributed by atoms with Gasteiger partial charge in [-0.05, 0) is 59.4 Å². The van der Waals surface area contributed by atoms with Gasteiger partial charge in [0.2, 0.25) is 5.91 Å². The third-order valence-corrected chi connectivity index (χ3v) is 4.57. The number of hydrogen-bond donors (Lipinski definition) is 2. The smallest absolute Gasteiger partial charge is 0.249 e. The standard InChI is InChI=1S/C16H24BrN3O/c1-11(2)19-9-12-4-3-7-20(10-12)13-5-6-14(16(18)21)15(17)8-13/h5-6,8,11-12,19H,3-4,7,9-10H2,1-2H3,(H2,18,21). The molecule has 116 valence electrons. The van der Waals surface area contributed by atoms with Gasteiger partial charge in [-0.2, -0.15) is 0 Å². The topological polar surface area (TPSA) is 58.4 Å². The van der Waals surface area contributed by atoms with E-state index in [4.69, 9.17) is 5.73 Å². The van der Waals surface area contributed by atoms with Crippen LogP contribution in [0.5, 0.6) is 0 Å². The number of halogens is 1. The molecule has 1 aliphatic heterocycles. The lowest BCUT2D eigenvalue weighted by Gasteiger charge is -2.35. The van der Waals surface area contributed by atoms with Crippen LogP contribution in [-0.4, -0.2) is 31.6 Å². The normalized spacial score (nSPS) is 19.0. The van der Waals surface area contributed by atoms with Crippen molar-refractivity contribution in [2.24, 2.45) is 11.7 Å². The minimum Gasteiger partial charge on any atom is -0.371 e. The lowest BCUT2D eigenvalue weighted by atomic mass is 9.97. The number of primary amides is 1. The van der Waals surface area contributed by atoms with Gasteiger partial charge in [0, 0.05) is 29.3 Å². The second-order valence-electron chi connectivity index (χ2n) is 6.05. The lowest BCUT2D eigenvalue weighted by molar-refractivity contribution is 0.0999. The Hall–Kier alpha value is -1.07. The molecular formula is C16H24BrN3O. The van der Waals surface area contributed by atoms with Crippen LogP contribution in [0.2, 0.25) is 0 Å². The molecule has 0 spiro atoms. The molecule has 1 fully saturated rings. The number of amides is 1. The third kappa shape index (κ3) is 4.45. The van der Waals surface area contributed by atoms with E-state index in [0.717, 1.165) is 29.8 Å². The van der Waals surface area contributed by atoms with Crippen molar-refractivity contribution in [3.05, 3.63) is 28.2 Å². The van der Waals surface area contributed by atoms with Gasteiger partial charge in [-0.25, -0.2) is 0 Å². The minimum atomic E-state index is -0.397. The lowest BCUT2D eigenvalue weighted by Crippen LogP contribution is -2.41. The predicted molar refractivity (Wildman–Crippen MR) is 90.7 cm³/mol. The van der Waals surface area contributed by atoms with Crippen LogP contribution in [0.25, 0.3) is 0 Å². The third-order valence-electron chi connectivity index (χ3n) is 3.92. The van der Waals surface area contributed by atoms with E-state index in [0.29, 0.717) is 17.5 Å². The fourth-order valence-electron chi connectivity index (χ4n) is 2.77. The molecule has 1 aromatic carbocycles. The predicted octanol–water partition coefficient (Wildman–Crippen LogP) is 2.76. The summed E-state index contributed by atoms with van der Waals surface area (Å²) >= 11 is 3.44. The number of nitrogens with two attached hydrogens (primary N) is 1. The van der Waals surface area contributed by atoms with Gasteiger partial charge < -0.3 is 16.0 Å². The van der Waals surface area contributed by atoms with E-state index in [1.165, 1.54) is 12.8 Å². The molecular weight excluding hydrogens is 330 g/mol. The number of benzene rings is 1. The summed E-state index contributed by atoms with van der Waals surface area (Å²) in [7, 11) is 0. The van der Waals surface area contributed by atoms with E-state index in [2.05, 4.69) is 40.0 Å². The van der Waals surface area contributed by atoms with E-state index in [9.17, 15) is 4.79 Å². The van der Waals surface area contributed by atoms with Crippen molar-refractivity contribution in [2.75, 3.05) is 24.5 Å². The van der Waals surface area contributed by atoms with E-state index in [1.807, 2.05) is 12.1 Å². The molecule has 1 heterocycles. The number of nitrogens with one attached hydrogen (secondary N) is 1. The van der Waals surface area contributed by atoms with Crippen LogP contribution in [0, 0.1) is 5.92 Å². The summed E-state index contributed by atoms with van der Waals surface area (Å²) < 4.78 is 0.773. The fourth-order valence-corrected chi connectivity index (χ4v) is 3.33. The molecule has 0 aliphatic carbocycles. The van der Waals surface area contributed by atoms with Crippen LogP contribution in [-0.2, 0) is 0 Å². The van der Waals surface area contributed by atoms with Gasteiger partial charge in [-0.15, -0.1) is 0 Å². The van der Waals surface area contributed by atoms with E-state index in [-0.39, 0.29) is 0 Å². The average Bonchev–Trinajstić information content (AvgIpc) is 2.45. The van der Waals surface area contributed by atoms with Crippen LogP contribution in [0.1, 0.15) is 37.0 Å². The Morgan fingerprint density at radius 3 is 2.90 bits per heavy atom. The van der Waals surface area contributed by atoms with E-state index in [1.54, 1.807) is 6.07 Å². The number of hydrogen-bond acceptors (Lipinski definition) is 3. The molecule has 0 radical (unpaired) electrons. The number of rotatable bonds is 5. The Morgan fingerprint density at radius 1 is 1.52 bits per heavy atom. The Labute approximate surface area is 135 Å². The summed E-state index contributed by atoms with van der Waals surface area (Å²) in [5.41, 5.74) is 7.03. The zero-order valence-corrected chi connectivity index (χ0v) is 14.3. The molecule has 21 heavy (non-hydrogen) atoms. The highest BCUT2D eigenvalue weighted by Gasteiger charge is 2.21. The molecule has 4 nitrogen and oxygen atoms in total. The number of nitrogens with zero attached hydrogens (tertiary/aromatic N) is 1. The molecule has 1 amide bonds. The number of anilines is 1. The highest BCUT2D eigenvalue weighted by atomic mass is 79.9. The molecule has 1 unspecified atom stereocenters. The van der Waals surface area contributed by atoms with Crippen molar-refractivity contribution >= 4 is 27.5 Å². The molecule has 5 heteroatoms. The van der Waals surface area contributed by atoms with Crippen molar-refractivity contribution in [2.45, 2.75) is 32.7 Å². The summed E-state index contributed by atoms with van der Waals surface area (Å²) in [6, 6.07) is 6.32. The summed E-state index contributed by atoms with van der Waals surface area (Å²) in [4.78, 5) is 13.7. The van der Waals surface area contributed by atoms with E-state index < -0.39 is 5.91 Å². The molecule has 1 saturated heterocycles. The maximum absolute atomic E-state index is 11.3. The highest BCUT2D eigenvalue weighted by molar-refractivity contribution is 9.10. The van der Waals surface area contributed by atoms with Gasteiger partial charge >= 0.3 is 0 Å². The molecule has 0 aromatic heterocycles. The van der Waals surface area contributed by atoms with E-state index >= 15 is 0 Å². The first-order valence-electron chi connectivity index (χ1n) is 7.55. The molecule has 1 aromatic rings. The Kier molecular flexibility index (Phi) is 5.65. The molecule has 1 atom stereocenters. The Balaban J connectivity index is 2.04. The first-order chi connectivity index (χ1) is 9.97. The molecule has 0 saturated carbocycles. The summed E-state index contributed by atoms with van der Waals surface area (Å²) in [6.45, 7) is 7.55. The zero-order valence-electron chi connectivity index (χ0n) is 12.7. The van der Waals surface area contributed by atoms with Gasteiger partial charge in [0.15, 0.2) is 0 Å². The highest BCUT2D eigenvalue weighted by Crippen LogP contribution is 2.27. The average molecular weight is 354 g/mol. The van der Waals surface area contributed by atoms with Crippen LogP contribution in [0.4, 0.5) is 5.69 Å². The van der Waals surface area contributed by atoms with Gasteiger partial charge in [0.25, 0.3) is 0 Å². The summed E-state index contributed by atoms with van der Waals surface area (Å²) in [5.74, 6) is 0.279. The summed E-state index contributed by atoms with van der Waals surface area (Å²) in [6.07, 6.45) is 2.48. The first-order valence-corrected chi connectivity index (χ1v) is 8.34. The van der Waals surface area contributed by atoms with Gasteiger partial charge in [0.05, 0.1) is 5.56 Å². The van der Waals surface area contributed by atoms with Crippen molar-refractivity contribution in [3.8, 4) is 0 Å². The van der Waals surface area contributed by atoms with Gasteiger partial charge in [-0.3, -0.25) is 4.79 Å². The quantitative estimate of drug-likeness (QED) is 0.855. The van der Waals surface area contributed by atoms with Crippen LogP contribution in [0.3, 0.4) is 0 Å². The Bertz CT molecular complexity index is 504. The summed E-state index contributed by atoms with van der Waals surface area (Å²) in [5, 5.41) is 3.53. The van der Waals surface area contributed by atoms with Crippen molar-refractivity contribution in [3.63, 3.8) is 0 Å². The number of piperidine rings is 1. The van der Waals surface area contributed by atoms with Crippen LogP contribution in [0.15, 0.2) is 22.7 Å². The molecule has 3 N–H and O–H groups in total. The van der Waals surface area contributed by atoms with Crippen LogP contribution >= 0.6 is 15.9 Å². The second-order valence-corrected chi connectivity index (χ2v) is 6.90. The number of carbonyl (C=O) groups excluding carboxylic acids is 1. The Morgan fingerprint density at radius 2 is 2.29 bits per heavy atom. The minimum absolute atomic E-state index is 0.397. The number of carbonyl (C=O) groups is 1. The van der Waals surface area contributed by atoms with Gasteiger partial charge in [0.1, 0.15) is 0 Å². The molecule has 1 aliphatic rings. The SMILES string of the molecule is CC(C)NCC1CCCN(c2ccc(C(N)=O)c(Br)c2)C1.